The molecule has 0 saturated heterocycles. The van der Waals surface area contributed by atoms with Crippen LogP contribution in [0.1, 0.15) is 45.9 Å². The maximum absolute atomic E-state index is 12.6. The van der Waals surface area contributed by atoms with E-state index in [1.807, 2.05) is 37.3 Å². The minimum absolute atomic E-state index is 0.0929. The topological polar surface area (TPSA) is 46.9 Å². The highest BCUT2D eigenvalue weighted by atomic mass is 32.1. The maximum atomic E-state index is 12.6. The Bertz CT molecular complexity index is 902. The molecule has 0 radical (unpaired) electrons. The van der Waals surface area contributed by atoms with Gasteiger partial charge < -0.3 is 5.32 Å². The number of nitrogens with one attached hydrogen (secondary N) is 1. The first-order valence-corrected chi connectivity index (χ1v) is 9.28. The van der Waals surface area contributed by atoms with Crippen LogP contribution >= 0.6 is 11.3 Å². The van der Waals surface area contributed by atoms with E-state index in [9.17, 15) is 18.0 Å². The van der Waals surface area contributed by atoms with Crippen LogP contribution in [0.4, 0.5) is 13.2 Å². The lowest BCUT2D eigenvalue weighted by Gasteiger charge is -2.16. The third-order valence-corrected chi connectivity index (χ3v) is 5.05. The van der Waals surface area contributed by atoms with E-state index in [0.717, 1.165) is 23.6 Å². The number of hydrogen-bond donors (Lipinski definition) is 1. The number of amides is 1. The Morgan fingerprint density at radius 3 is 2.63 bits per heavy atom. The van der Waals surface area contributed by atoms with Gasteiger partial charge in [0.2, 0.25) is 0 Å². The lowest BCUT2D eigenvalue weighted by Crippen LogP contribution is -2.27. The summed E-state index contributed by atoms with van der Waals surface area (Å²) >= 11 is 1.26. The smallest absolute Gasteiger partial charge is 0.345 e. The van der Waals surface area contributed by atoms with Gasteiger partial charge in [-0.3, -0.25) is 9.48 Å². The van der Waals surface area contributed by atoms with Crippen LogP contribution in [0.15, 0.2) is 54.0 Å². The highest BCUT2D eigenvalue weighted by Crippen LogP contribution is 2.27. The van der Waals surface area contributed by atoms with Gasteiger partial charge in [0.05, 0.1) is 17.5 Å². The van der Waals surface area contributed by atoms with Gasteiger partial charge in [0.1, 0.15) is 0 Å². The molecule has 2 aromatic heterocycles. The summed E-state index contributed by atoms with van der Waals surface area (Å²) in [6, 6.07) is 12.2. The first-order chi connectivity index (χ1) is 12.9. The Balaban J connectivity index is 1.66. The highest BCUT2D eigenvalue weighted by Gasteiger charge is 2.33. The molecular formula is C19H18F3N3OS. The molecule has 1 aromatic carbocycles. The zero-order chi connectivity index (χ0) is 19.4. The molecule has 8 heteroatoms. The average molecular weight is 393 g/mol. The normalized spacial score (nSPS) is 12.7. The van der Waals surface area contributed by atoms with Gasteiger partial charge in [0, 0.05) is 6.20 Å². The summed E-state index contributed by atoms with van der Waals surface area (Å²) in [5, 5.41) is 8.29. The van der Waals surface area contributed by atoms with Crippen LogP contribution in [-0.2, 0) is 12.7 Å². The van der Waals surface area contributed by atoms with Crippen LogP contribution in [0.2, 0.25) is 0 Å². The summed E-state index contributed by atoms with van der Waals surface area (Å²) < 4.78 is 39.1. The molecular weight excluding hydrogens is 375 g/mol. The van der Waals surface area contributed by atoms with Crippen molar-refractivity contribution in [2.45, 2.75) is 32.1 Å². The molecule has 0 bridgehead atoms. The van der Waals surface area contributed by atoms with E-state index >= 15 is 0 Å². The zero-order valence-electron chi connectivity index (χ0n) is 14.5. The monoisotopic (exact) mass is 393 g/mol. The number of benzene rings is 1. The van der Waals surface area contributed by atoms with Crippen molar-refractivity contribution in [2.75, 3.05) is 0 Å². The van der Waals surface area contributed by atoms with E-state index in [1.54, 1.807) is 11.4 Å². The molecule has 2 heterocycles. The highest BCUT2D eigenvalue weighted by molar-refractivity contribution is 7.12. The Kier molecular flexibility index (Phi) is 5.65. The van der Waals surface area contributed by atoms with E-state index < -0.39 is 11.9 Å². The average Bonchev–Trinajstić information content (AvgIpc) is 3.30. The van der Waals surface area contributed by atoms with Crippen molar-refractivity contribution >= 4 is 17.2 Å². The first kappa shape index (κ1) is 19.2. The number of thiophene rings is 1. The van der Waals surface area contributed by atoms with Gasteiger partial charge in [0.15, 0.2) is 5.69 Å². The number of nitrogens with zero attached hydrogens (tertiary/aromatic N) is 2. The Labute approximate surface area is 158 Å². The Morgan fingerprint density at radius 2 is 2.00 bits per heavy atom. The SMILES string of the molecule is CCC(NC(=O)c1cc(Cn2ccc(C(F)(F)F)n2)cs1)c1ccccc1. The Hall–Kier alpha value is -2.61. The lowest BCUT2D eigenvalue weighted by molar-refractivity contribution is -0.141. The molecule has 142 valence electrons. The fourth-order valence-electron chi connectivity index (χ4n) is 2.70. The minimum atomic E-state index is -4.46. The molecule has 1 N–H and O–H groups in total. The van der Waals surface area contributed by atoms with Crippen molar-refractivity contribution in [3.63, 3.8) is 0 Å². The molecule has 0 fully saturated rings. The fraction of sp³-hybridized carbons (Fsp3) is 0.263. The van der Waals surface area contributed by atoms with Crippen LogP contribution in [0.3, 0.4) is 0 Å². The summed E-state index contributed by atoms with van der Waals surface area (Å²) in [5.41, 5.74) is 0.834. The third kappa shape index (κ3) is 4.77. The quantitative estimate of drug-likeness (QED) is 0.648. The van der Waals surface area contributed by atoms with Crippen molar-refractivity contribution < 1.29 is 18.0 Å². The maximum Gasteiger partial charge on any atom is 0.435 e. The summed E-state index contributed by atoms with van der Waals surface area (Å²) in [6.45, 7) is 2.17. The van der Waals surface area contributed by atoms with Gasteiger partial charge >= 0.3 is 6.18 Å². The number of hydrogen-bond acceptors (Lipinski definition) is 3. The number of halogens is 3. The summed E-state index contributed by atoms with van der Waals surface area (Å²) in [6.07, 6.45) is -2.43. The molecule has 0 aliphatic heterocycles. The van der Waals surface area contributed by atoms with Crippen molar-refractivity contribution in [3.8, 4) is 0 Å². The van der Waals surface area contributed by atoms with E-state index in [0.29, 0.717) is 4.88 Å². The van der Waals surface area contributed by atoms with E-state index in [1.165, 1.54) is 22.2 Å². The molecule has 27 heavy (non-hydrogen) atoms. The molecule has 0 aliphatic carbocycles. The van der Waals surface area contributed by atoms with Crippen molar-refractivity contribution in [3.05, 3.63) is 75.7 Å². The number of alkyl halides is 3. The number of carbonyl (C=O) groups excluding carboxylic acids is 1. The van der Waals surface area contributed by atoms with Gasteiger partial charge in [-0.2, -0.15) is 18.3 Å². The van der Waals surface area contributed by atoms with Crippen LogP contribution in [0.5, 0.6) is 0 Å². The molecule has 0 aliphatic rings. The van der Waals surface area contributed by atoms with E-state index in [2.05, 4.69) is 10.4 Å². The molecule has 1 amide bonds. The molecule has 3 aromatic rings. The van der Waals surface area contributed by atoms with Crippen molar-refractivity contribution in [1.29, 1.82) is 0 Å². The van der Waals surface area contributed by atoms with E-state index in [4.69, 9.17) is 0 Å². The third-order valence-electron chi connectivity index (χ3n) is 4.07. The summed E-state index contributed by atoms with van der Waals surface area (Å²) in [4.78, 5) is 13.0. The predicted molar refractivity (Wildman–Crippen MR) is 97.6 cm³/mol. The minimum Gasteiger partial charge on any atom is -0.345 e. The second-order valence-electron chi connectivity index (χ2n) is 6.06. The summed E-state index contributed by atoms with van der Waals surface area (Å²) in [5.74, 6) is -0.196. The molecule has 0 saturated carbocycles. The van der Waals surface area contributed by atoms with Crippen LogP contribution in [0.25, 0.3) is 0 Å². The number of rotatable bonds is 6. The summed E-state index contributed by atoms with van der Waals surface area (Å²) in [7, 11) is 0. The second-order valence-corrected chi connectivity index (χ2v) is 6.97. The number of aromatic nitrogens is 2. The largest absolute Gasteiger partial charge is 0.435 e. The fourth-order valence-corrected chi connectivity index (χ4v) is 3.51. The lowest BCUT2D eigenvalue weighted by atomic mass is 10.0. The predicted octanol–water partition coefficient (Wildman–Crippen LogP) is 4.89. The molecule has 1 unspecified atom stereocenters. The van der Waals surface area contributed by atoms with E-state index in [-0.39, 0.29) is 18.5 Å². The van der Waals surface area contributed by atoms with Gasteiger partial charge in [-0.15, -0.1) is 11.3 Å². The standard InChI is InChI=1S/C19H18F3N3OS/c1-2-15(14-6-4-3-5-7-14)23-18(26)16-10-13(12-27-16)11-25-9-8-17(24-25)19(20,21)22/h3-10,12,15H,2,11H2,1H3,(H,23,26). The molecule has 0 spiro atoms. The second kappa shape index (κ2) is 7.96. The van der Waals surface area contributed by atoms with Gasteiger partial charge in [0.25, 0.3) is 5.91 Å². The van der Waals surface area contributed by atoms with Crippen LogP contribution < -0.4 is 5.32 Å². The molecule has 1 atom stereocenters. The Morgan fingerprint density at radius 1 is 1.26 bits per heavy atom. The van der Waals surface area contributed by atoms with Gasteiger partial charge in [-0.1, -0.05) is 37.3 Å². The van der Waals surface area contributed by atoms with Crippen LogP contribution in [-0.4, -0.2) is 15.7 Å². The van der Waals surface area contributed by atoms with Gasteiger partial charge in [-0.25, -0.2) is 0 Å². The number of carbonyl (C=O) groups is 1. The van der Waals surface area contributed by atoms with Gasteiger partial charge in [-0.05, 0) is 35.1 Å². The van der Waals surface area contributed by atoms with Crippen molar-refractivity contribution in [2.24, 2.45) is 0 Å². The van der Waals surface area contributed by atoms with Crippen LogP contribution in [0, 0.1) is 0 Å². The van der Waals surface area contributed by atoms with Crippen molar-refractivity contribution in [1.82, 2.24) is 15.1 Å². The molecule has 4 nitrogen and oxygen atoms in total. The first-order valence-electron chi connectivity index (χ1n) is 8.40. The zero-order valence-corrected chi connectivity index (χ0v) is 15.3. The molecule has 3 rings (SSSR count).